The van der Waals surface area contributed by atoms with Crippen LogP contribution in [-0.2, 0) is 9.59 Å². The summed E-state index contributed by atoms with van der Waals surface area (Å²) in [5.41, 5.74) is 3.33. The topological polar surface area (TPSA) is 67.9 Å². The molecule has 4 rings (SSSR count). The minimum Gasteiger partial charge on any atom is -0.497 e. The van der Waals surface area contributed by atoms with Crippen LogP contribution in [0.25, 0.3) is 0 Å². The van der Waals surface area contributed by atoms with Gasteiger partial charge in [-0.25, -0.2) is 0 Å². The molecule has 0 saturated carbocycles. The zero-order valence-electron chi connectivity index (χ0n) is 18.7. The first-order chi connectivity index (χ1) is 15.9. The van der Waals surface area contributed by atoms with Crippen molar-refractivity contribution in [2.24, 2.45) is 5.92 Å². The third-order valence-corrected chi connectivity index (χ3v) is 6.51. The van der Waals surface area contributed by atoms with Gasteiger partial charge >= 0.3 is 0 Å². The first-order valence-corrected chi connectivity index (χ1v) is 11.4. The Hall–Kier alpha value is -3.32. The molecule has 1 N–H and O–H groups in total. The smallest absolute Gasteiger partial charge is 0.230 e. The molecular weight excluding hydrogens is 484 g/mol. The minimum absolute atomic E-state index is 0.107. The van der Waals surface area contributed by atoms with Crippen LogP contribution in [0.5, 0.6) is 11.5 Å². The van der Waals surface area contributed by atoms with Crippen molar-refractivity contribution in [3.63, 3.8) is 0 Å². The second kappa shape index (κ2) is 9.67. The van der Waals surface area contributed by atoms with E-state index in [2.05, 4.69) is 21.2 Å². The zero-order chi connectivity index (χ0) is 23.5. The number of rotatable bonds is 6. The summed E-state index contributed by atoms with van der Waals surface area (Å²) in [7, 11) is 3.20. The fraction of sp³-hybridized carbons (Fsp3) is 0.231. The van der Waals surface area contributed by atoms with Crippen LogP contribution >= 0.6 is 15.9 Å². The highest BCUT2D eigenvalue weighted by atomic mass is 79.9. The van der Waals surface area contributed by atoms with Crippen molar-refractivity contribution in [2.45, 2.75) is 19.4 Å². The highest BCUT2D eigenvalue weighted by Crippen LogP contribution is 2.43. The van der Waals surface area contributed by atoms with E-state index >= 15 is 0 Å². The SMILES string of the molecule is COc1ccc(C2C(C(=O)Nc3ccc(C)cc3Br)CC(=O)N2c2ccc(OC)cc2)cc1. The minimum atomic E-state index is -0.568. The molecule has 0 bridgehead atoms. The average molecular weight is 509 g/mol. The molecule has 2 amide bonds. The molecule has 170 valence electrons. The Balaban J connectivity index is 1.71. The van der Waals surface area contributed by atoms with Crippen LogP contribution in [0.15, 0.2) is 71.2 Å². The van der Waals surface area contributed by atoms with Gasteiger partial charge in [0.1, 0.15) is 11.5 Å². The third kappa shape index (κ3) is 4.73. The number of benzene rings is 3. The Kier molecular flexibility index (Phi) is 6.70. The fourth-order valence-corrected chi connectivity index (χ4v) is 4.74. The average Bonchev–Trinajstić information content (AvgIpc) is 3.18. The van der Waals surface area contributed by atoms with Gasteiger partial charge in [-0.05, 0) is 82.5 Å². The van der Waals surface area contributed by atoms with Crippen molar-refractivity contribution in [1.82, 2.24) is 0 Å². The predicted octanol–water partition coefficient (Wildman–Crippen LogP) is 5.51. The molecule has 1 aliphatic rings. The largest absolute Gasteiger partial charge is 0.497 e. The molecule has 1 heterocycles. The third-order valence-electron chi connectivity index (χ3n) is 5.85. The summed E-state index contributed by atoms with van der Waals surface area (Å²) in [6, 6.07) is 20.1. The predicted molar refractivity (Wildman–Crippen MR) is 132 cm³/mol. The maximum Gasteiger partial charge on any atom is 0.230 e. The lowest BCUT2D eigenvalue weighted by Crippen LogP contribution is -2.32. The van der Waals surface area contributed by atoms with E-state index in [9.17, 15) is 9.59 Å². The summed E-state index contributed by atoms with van der Waals surface area (Å²) >= 11 is 3.52. The number of halogens is 1. The summed E-state index contributed by atoms with van der Waals surface area (Å²) in [5, 5.41) is 3.00. The van der Waals surface area contributed by atoms with Crippen molar-refractivity contribution < 1.29 is 19.1 Å². The summed E-state index contributed by atoms with van der Waals surface area (Å²) in [6.45, 7) is 1.98. The lowest BCUT2D eigenvalue weighted by Gasteiger charge is -2.28. The molecule has 2 unspecified atom stereocenters. The molecule has 0 aliphatic carbocycles. The van der Waals surface area contributed by atoms with E-state index < -0.39 is 12.0 Å². The van der Waals surface area contributed by atoms with Gasteiger partial charge in [0, 0.05) is 16.6 Å². The van der Waals surface area contributed by atoms with Crippen molar-refractivity contribution in [1.29, 1.82) is 0 Å². The quantitative estimate of drug-likeness (QED) is 0.476. The summed E-state index contributed by atoms with van der Waals surface area (Å²) < 4.78 is 11.3. The standard InChI is InChI=1S/C26H25BrN2O4/c1-16-4-13-23(22(27)14-16)28-26(31)21-15-24(30)29(18-7-11-20(33-3)12-8-18)25(21)17-5-9-19(32-2)10-6-17/h4-14,21,25H,15H2,1-3H3,(H,28,31). The van der Waals surface area contributed by atoms with Crippen molar-refractivity contribution >= 4 is 39.1 Å². The van der Waals surface area contributed by atoms with Crippen LogP contribution in [0.1, 0.15) is 23.6 Å². The number of hydrogen-bond donors (Lipinski definition) is 1. The normalized spacial score (nSPS) is 17.7. The lowest BCUT2D eigenvalue weighted by molar-refractivity contribution is -0.122. The van der Waals surface area contributed by atoms with Gasteiger partial charge in [0.25, 0.3) is 0 Å². The highest BCUT2D eigenvalue weighted by Gasteiger charge is 2.45. The van der Waals surface area contributed by atoms with Crippen LogP contribution in [0.3, 0.4) is 0 Å². The molecule has 0 spiro atoms. The molecule has 0 radical (unpaired) electrons. The van der Waals surface area contributed by atoms with E-state index in [0.29, 0.717) is 22.9 Å². The number of ether oxygens (including phenoxy) is 2. The molecule has 3 aromatic rings. The first-order valence-electron chi connectivity index (χ1n) is 10.6. The van der Waals surface area contributed by atoms with Crippen LogP contribution in [0, 0.1) is 12.8 Å². The second-order valence-electron chi connectivity index (χ2n) is 7.96. The Morgan fingerprint density at radius 2 is 1.58 bits per heavy atom. The van der Waals surface area contributed by atoms with Gasteiger partial charge in [-0.3, -0.25) is 9.59 Å². The van der Waals surface area contributed by atoms with E-state index in [1.807, 2.05) is 73.7 Å². The Bertz CT molecular complexity index is 1160. The molecule has 33 heavy (non-hydrogen) atoms. The van der Waals surface area contributed by atoms with E-state index in [0.717, 1.165) is 15.6 Å². The number of aryl methyl sites for hydroxylation is 1. The van der Waals surface area contributed by atoms with E-state index in [1.54, 1.807) is 19.1 Å². The van der Waals surface area contributed by atoms with Gasteiger partial charge in [0.2, 0.25) is 11.8 Å². The van der Waals surface area contributed by atoms with Gasteiger partial charge in [-0.2, -0.15) is 0 Å². The van der Waals surface area contributed by atoms with E-state index in [-0.39, 0.29) is 18.2 Å². The first kappa shape index (κ1) is 22.9. The number of amides is 2. The van der Waals surface area contributed by atoms with Gasteiger partial charge in [-0.1, -0.05) is 18.2 Å². The number of anilines is 2. The fourth-order valence-electron chi connectivity index (χ4n) is 4.15. The Morgan fingerprint density at radius 3 is 2.15 bits per heavy atom. The van der Waals surface area contributed by atoms with Gasteiger partial charge in [-0.15, -0.1) is 0 Å². The lowest BCUT2D eigenvalue weighted by atomic mass is 9.92. The maximum absolute atomic E-state index is 13.4. The van der Waals surface area contributed by atoms with E-state index in [1.165, 1.54) is 0 Å². The molecule has 7 heteroatoms. The van der Waals surface area contributed by atoms with Gasteiger partial charge < -0.3 is 19.7 Å². The highest BCUT2D eigenvalue weighted by molar-refractivity contribution is 9.10. The maximum atomic E-state index is 13.4. The summed E-state index contributed by atoms with van der Waals surface area (Å²) in [4.78, 5) is 28.3. The molecule has 6 nitrogen and oxygen atoms in total. The van der Waals surface area contributed by atoms with Crippen molar-refractivity contribution in [3.05, 3.63) is 82.3 Å². The molecule has 0 aromatic heterocycles. The molecule has 1 saturated heterocycles. The van der Waals surface area contributed by atoms with E-state index in [4.69, 9.17) is 9.47 Å². The molecule has 2 atom stereocenters. The molecule has 3 aromatic carbocycles. The number of nitrogens with one attached hydrogen (secondary N) is 1. The second-order valence-corrected chi connectivity index (χ2v) is 8.82. The molecular formula is C26H25BrN2O4. The monoisotopic (exact) mass is 508 g/mol. The number of methoxy groups -OCH3 is 2. The Morgan fingerprint density at radius 1 is 0.970 bits per heavy atom. The van der Waals surface area contributed by atoms with Crippen LogP contribution in [0.4, 0.5) is 11.4 Å². The Labute approximate surface area is 201 Å². The number of nitrogens with zero attached hydrogens (tertiary/aromatic N) is 1. The molecule has 1 aliphatic heterocycles. The van der Waals surface area contributed by atoms with Crippen LogP contribution in [0.2, 0.25) is 0 Å². The summed E-state index contributed by atoms with van der Waals surface area (Å²) in [5.74, 6) is 0.531. The number of hydrogen-bond acceptors (Lipinski definition) is 4. The summed E-state index contributed by atoms with van der Waals surface area (Å²) in [6.07, 6.45) is 0.109. The van der Waals surface area contributed by atoms with Gasteiger partial charge in [0.05, 0.1) is 31.9 Å². The number of carbonyl (C=O) groups excluding carboxylic acids is 2. The van der Waals surface area contributed by atoms with Crippen LogP contribution < -0.4 is 19.7 Å². The zero-order valence-corrected chi connectivity index (χ0v) is 20.3. The molecule has 1 fully saturated rings. The van der Waals surface area contributed by atoms with Crippen molar-refractivity contribution in [2.75, 3.05) is 24.4 Å². The van der Waals surface area contributed by atoms with Gasteiger partial charge in [0.15, 0.2) is 0 Å². The van der Waals surface area contributed by atoms with Crippen molar-refractivity contribution in [3.8, 4) is 11.5 Å². The van der Waals surface area contributed by atoms with Crippen LogP contribution in [-0.4, -0.2) is 26.0 Å². The number of carbonyl (C=O) groups is 2.